The first kappa shape index (κ1) is 19.5. The fourth-order valence-corrected chi connectivity index (χ4v) is 2.34. The van der Waals surface area contributed by atoms with Crippen LogP contribution >= 0.6 is 23.2 Å². The highest BCUT2D eigenvalue weighted by atomic mass is 35.5. The number of ether oxygens (including phenoxy) is 2. The van der Waals surface area contributed by atoms with Crippen LogP contribution in [0.15, 0.2) is 24.3 Å². The highest BCUT2D eigenvalue weighted by molar-refractivity contribution is 6.33. The second-order valence-electron chi connectivity index (χ2n) is 5.05. The van der Waals surface area contributed by atoms with Crippen LogP contribution in [0.3, 0.4) is 0 Å². The Hall–Kier alpha value is -2.84. The minimum atomic E-state index is -1.23. The van der Waals surface area contributed by atoms with Gasteiger partial charge in [0.1, 0.15) is 35.8 Å². The van der Waals surface area contributed by atoms with Gasteiger partial charge in [-0.25, -0.2) is 9.59 Å². The average molecular weight is 401 g/mol. The Bertz CT molecular complexity index is 801. The summed E-state index contributed by atoms with van der Waals surface area (Å²) in [6.45, 7) is -0.161. The molecule has 138 valence electrons. The number of benzene rings is 2. The predicted octanol–water partition coefficient (Wildman–Crippen LogP) is 3.01. The topological polar surface area (TPSA) is 145 Å². The van der Waals surface area contributed by atoms with Crippen LogP contribution in [0.1, 0.15) is 20.7 Å². The van der Waals surface area contributed by atoms with E-state index in [1.165, 1.54) is 24.3 Å². The van der Waals surface area contributed by atoms with E-state index in [-0.39, 0.29) is 57.3 Å². The number of carboxylic acid groups (broad SMARTS) is 2. The smallest absolute Gasteiger partial charge is 0.339 e. The molecule has 2 aromatic rings. The Morgan fingerprint density at radius 2 is 1.15 bits per heavy atom. The number of carboxylic acids is 2. The molecule has 26 heavy (non-hydrogen) atoms. The molecule has 0 aliphatic heterocycles. The number of nitrogens with two attached hydrogens (primary N) is 2. The van der Waals surface area contributed by atoms with E-state index in [2.05, 4.69) is 0 Å². The molecule has 0 saturated carbocycles. The van der Waals surface area contributed by atoms with Crippen molar-refractivity contribution in [2.24, 2.45) is 0 Å². The normalized spacial score (nSPS) is 10.4. The van der Waals surface area contributed by atoms with Gasteiger partial charge in [-0.2, -0.15) is 0 Å². The molecule has 0 unspecified atom stereocenters. The second-order valence-corrected chi connectivity index (χ2v) is 5.86. The summed E-state index contributed by atoms with van der Waals surface area (Å²) in [6.07, 6.45) is 0. The maximum absolute atomic E-state index is 11.2. The van der Waals surface area contributed by atoms with Crippen molar-refractivity contribution in [1.82, 2.24) is 0 Å². The van der Waals surface area contributed by atoms with E-state index in [1.807, 2.05) is 0 Å². The van der Waals surface area contributed by atoms with Crippen LogP contribution in [-0.2, 0) is 0 Å². The zero-order valence-electron chi connectivity index (χ0n) is 13.2. The fraction of sp³-hybridized carbons (Fsp3) is 0.125. The van der Waals surface area contributed by atoms with Crippen LogP contribution in [0.2, 0.25) is 10.0 Å². The van der Waals surface area contributed by atoms with E-state index in [0.717, 1.165) is 0 Å². The summed E-state index contributed by atoms with van der Waals surface area (Å²) in [7, 11) is 0. The summed E-state index contributed by atoms with van der Waals surface area (Å²) in [5, 5.41) is 18.5. The zero-order chi connectivity index (χ0) is 19.4. The van der Waals surface area contributed by atoms with E-state index in [4.69, 9.17) is 54.4 Å². The van der Waals surface area contributed by atoms with Gasteiger partial charge in [0.2, 0.25) is 0 Å². The molecule has 0 fully saturated rings. The number of halogens is 2. The van der Waals surface area contributed by atoms with E-state index in [9.17, 15) is 9.59 Å². The van der Waals surface area contributed by atoms with Crippen molar-refractivity contribution in [2.75, 3.05) is 24.7 Å². The Morgan fingerprint density at radius 1 is 0.808 bits per heavy atom. The predicted molar refractivity (Wildman–Crippen MR) is 96.6 cm³/mol. The highest BCUT2D eigenvalue weighted by Gasteiger charge is 2.16. The average Bonchev–Trinajstić information content (AvgIpc) is 2.56. The first-order valence-electron chi connectivity index (χ1n) is 7.11. The lowest BCUT2D eigenvalue weighted by atomic mass is 10.2. The fourth-order valence-electron chi connectivity index (χ4n) is 2.01. The number of nitrogen functional groups attached to an aromatic ring is 2. The standard InChI is InChI=1S/C16H14Cl2N2O6/c17-9-3-7(15(21)22)13(5-11(9)19)25-1-2-26-14-6-12(20)10(18)4-8(14)16(23)24/h3-6H,1-2,19-20H2,(H,21,22)(H,23,24). The molecule has 0 radical (unpaired) electrons. The Balaban J connectivity index is 2.08. The van der Waals surface area contributed by atoms with Gasteiger partial charge >= 0.3 is 11.9 Å². The van der Waals surface area contributed by atoms with Gasteiger partial charge in [-0.1, -0.05) is 23.2 Å². The lowest BCUT2D eigenvalue weighted by Gasteiger charge is -2.13. The van der Waals surface area contributed by atoms with Crippen LogP contribution in [0, 0.1) is 0 Å². The second kappa shape index (κ2) is 8.03. The molecule has 10 heteroatoms. The summed E-state index contributed by atoms with van der Waals surface area (Å²) in [5.74, 6) is -2.45. The SMILES string of the molecule is Nc1cc(OCCOc2cc(N)c(Cl)cc2C(=O)O)c(C(=O)O)cc1Cl. The largest absolute Gasteiger partial charge is 0.489 e. The van der Waals surface area contributed by atoms with Crippen molar-refractivity contribution in [3.8, 4) is 11.5 Å². The Morgan fingerprint density at radius 3 is 1.46 bits per heavy atom. The molecule has 0 heterocycles. The summed E-state index contributed by atoms with van der Waals surface area (Å²) in [5.41, 5.74) is 11.3. The van der Waals surface area contributed by atoms with E-state index in [0.29, 0.717) is 0 Å². The number of aromatic carboxylic acids is 2. The van der Waals surface area contributed by atoms with Gasteiger partial charge in [0.05, 0.1) is 21.4 Å². The monoisotopic (exact) mass is 400 g/mol. The molecule has 0 bridgehead atoms. The molecule has 6 N–H and O–H groups in total. The third-order valence-electron chi connectivity index (χ3n) is 3.26. The van der Waals surface area contributed by atoms with Gasteiger partial charge in [0.15, 0.2) is 0 Å². The van der Waals surface area contributed by atoms with E-state index >= 15 is 0 Å². The first-order chi connectivity index (χ1) is 12.2. The maximum Gasteiger partial charge on any atom is 0.339 e. The van der Waals surface area contributed by atoms with Gasteiger partial charge < -0.3 is 31.2 Å². The van der Waals surface area contributed by atoms with Crippen molar-refractivity contribution in [2.45, 2.75) is 0 Å². The van der Waals surface area contributed by atoms with Gasteiger partial charge in [-0.15, -0.1) is 0 Å². The minimum Gasteiger partial charge on any atom is -0.489 e. The summed E-state index contributed by atoms with van der Waals surface area (Å²) < 4.78 is 10.7. The molecule has 0 spiro atoms. The Labute approximate surface area is 157 Å². The van der Waals surface area contributed by atoms with Crippen LogP contribution < -0.4 is 20.9 Å². The van der Waals surface area contributed by atoms with Gasteiger partial charge in [0, 0.05) is 12.1 Å². The molecule has 8 nitrogen and oxygen atoms in total. The Kier molecular flexibility index (Phi) is 6.01. The van der Waals surface area contributed by atoms with Gasteiger partial charge in [-0.3, -0.25) is 0 Å². The number of rotatable bonds is 7. The van der Waals surface area contributed by atoms with E-state index < -0.39 is 11.9 Å². The number of carbonyl (C=O) groups is 2. The molecule has 2 rings (SSSR count). The van der Waals surface area contributed by atoms with E-state index in [1.54, 1.807) is 0 Å². The number of hydrogen-bond donors (Lipinski definition) is 4. The third-order valence-corrected chi connectivity index (χ3v) is 3.91. The minimum absolute atomic E-state index is 0.0112. The van der Waals surface area contributed by atoms with Crippen molar-refractivity contribution in [3.05, 3.63) is 45.4 Å². The molecule has 0 aliphatic rings. The number of hydrogen-bond acceptors (Lipinski definition) is 6. The van der Waals surface area contributed by atoms with Crippen LogP contribution in [0.25, 0.3) is 0 Å². The van der Waals surface area contributed by atoms with Gasteiger partial charge in [0.25, 0.3) is 0 Å². The first-order valence-corrected chi connectivity index (χ1v) is 7.86. The van der Waals surface area contributed by atoms with Crippen molar-refractivity contribution in [1.29, 1.82) is 0 Å². The lowest BCUT2D eigenvalue weighted by molar-refractivity contribution is 0.0677. The molecule has 2 aromatic carbocycles. The molecular formula is C16H14Cl2N2O6. The van der Waals surface area contributed by atoms with Crippen LogP contribution in [0.5, 0.6) is 11.5 Å². The van der Waals surface area contributed by atoms with Crippen molar-refractivity contribution in [3.63, 3.8) is 0 Å². The summed E-state index contributed by atoms with van der Waals surface area (Å²) >= 11 is 11.6. The molecule has 0 atom stereocenters. The maximum atomic E-state index is 11.2. The molecule has 0 saturated heterocycles. The van der Waals surface area contributed by atoms with Crippen LogP contribution in [0.4, 0.5) is 11.4 Å². The van der Waals surface area contributed by atoms with Gasteiger partial charge in [-0.05, 0) is 12.1 Å². The molecule has 0 amide bonds. The highest BCUT2D eigenvalue weighted by Crippen LogP contribution is 2.30. The third kappa shape index (κ3) is 4.41. The van der Waals surface area contributed by atoms with Crippen LogP contribution in [-0.4, -0.2) is 35.4 Å². The number of anilines is 2. The van der Waals surface area contributed by atoms with Crippen molar-refractivity contribution < 1.29 is 29.3 Å². The molecular weight excluding hydrogens is 387 g/mol. The summed E-state index contributed by atoms with van der Waals surface area (Å²) in [6, 6.07) is 4.93. The quantitative estimate of drug-likeness (QED) is 0.409. The lowest BCUT2D eigenvalue weighted by Crippen LogP contribution is -2.13. The summed E-state index contributed by atoms with van der Waals surface area (Å²) in [4.78, 5) is 22.5. The van der Waals surface area contributed by atoms with Crippen molar-refractivity contribution >= 4 is 46.5 Å². The molecule has 0 aliphatic carbocycles. The zero-order valence-corrected chi connectivity index (χ0v) is 14.7. The molecule has 0 aromatic heterocycles.